The average Bonchev–Trinajstić information content (AvgIpc) is 3.30. The molecule has 0 aromatic carbocycles. The number of allylic oxidation sites excluding steroid dienone is 14. The molecule has 0 fully saturated rings. The van der Waals surface area contributed by atoms with Crippen LogP contribution in [-0.2, 0) is 23.8 Å². The van der Waals surface area contributed by atoms with Gasteiger partial charge in [-0.3, -0.25) is 9.59 Å². The SMILES string of the molecule is CC/C=C\C/C=C\C/C=C\C/C=C\CCCCC(=O)OC(COCCCCCCCC/C=C\C/C=C\C/C=C\CC)COC(=O)CCCCCCCCCCCCCCCCCCC. The first-order chi connectivity index (χ1) is 31.6. The van der Waals surface area contributed by atoms with Gasteiger partial charge in [-0.05, 0) is 89.9 Å². The molecule has 0 heterocycles. The van der Waals surface area contributed by atoms with Gasteiger partial charge in [0, 0.05) is 19.4 Å². The first-order valence-electron chi connectivity index (χ1n) is 27.1. The molecule has 0 radical (unpaired) electrons. The highest BCUT2D eigenvalue weighted by atomic mass is 16.6. The van der Waals surface area contributed by atoms with Crippen LogP contribution in [0.2, 0.25) is 0 Å². The van der Waals surface area contributed by atoms with E-state index in [1.165, 1.54) is 122 Å². The largest absolute Gasteiger partial charge is 0.462 e. The summed E-state index contributed by atoms with van der Waals surface area (Å²) in [4.78, 5) is 25.4. The van der Waals surface area contributed by atoms with Gasteiger partial charge in [0.25, 0.3) is 0 Å². The fourth-order valence-electron chi connectivity index (χ4n) is 7.46. The minimum absolute atomic E-state index is 0.0620. The van der Waals surface area contributed by atoms with Crippen molar-refractivity contribution in [3.63, 3.8) is 0 Å². The Kier molecular flexibility index (Phi) is 51.9. The second-order valence-corrected chi connectivity index (χ2v) is 17.7. The molecule has 368 valence electrons. The highest BCUT2D eigenvalue weighted by Crippen LogP contribution is 2.15. The van der Waals surface area contributed by atoms with Crippen LogP contribution in [0.3, 0.4) is 0 Å². The summed E-state index contributed by atoms with van der Waals surface area (Å²) in [6.45, 7) is 7.55. The van der Waals surface area contributed by atoms with Gasteiger partial charge >= 0.3 is 11.9 Å². The van der Waals surface area contributed by atoms with Gasteiger partial charge in [0.2, 0.25) is 0 Å². The summed E-state index contributed by atoms with van der Waals surface area (Å²) in [5, 5.41) is 0. The predicted molar refractivity (Wildman–Crippen MR) is 279 cm³/mol. The van der Waals surface area contributed by atoms with Crippen molar-refractivity contribution < 1.29 is 23.8 Å². The highest BCUT2D eigenvalue weighted by molar-refractivity contribution is 5.70. The Bertz CT molecular complexity index is 1190. The van der Waals surface area contributed by atoms with Crippen molar-refractivity contribution in [3.8, 4) is 0 Å². The van der Waals surface area contributed by atoms with Crippen LogP contribution >= 0.6 is 0 Å². The van der Waals surface area contributed by atoms with Crippen LogP contribution in [0.5, 0.6) is 0 Å². The molecule has 5 nitrogen and oxygen atoms in total. The van der Waals surface area contributed by atoms with Crippen molar-refractivity contribution in [3.05, 3.63) is 85.1 Å². The van der Waals surface area contributed by atoms with Gasteiger partial charge in [-0.2, -0.15) is 0 Å². The van der Waals surface area contributed by atoms with E-state index < -0.39 is 6.10 Å². The lowest BCUT2D eigenvalue weighted by Gasteiger charge is -2.18. The summed E-state index contributed by atoms with van der Waals surface area (Å²) in [5.41, 5.74) is 0. The first-order valence-corrected chi connectivity index (χ1v) is 27.1. The van der Waals surface area contributed by atoms with Gasteiger partial charge in [0.15, 0.2) is 6.10 Å². The molecule has 0 aromatic rings. The molecule has 0 saturated carbocycles. The van der Waals surface area contributed by atoms with Crippen molar-refractivity contribution >= 4 is 11.9 Å². The maximum atomic E-state index is 12.8. The maximum absolute atomic E-state index is 12.8. The molecular weight excluding hydrogens is 789 g/mol. The standard InChI is InChI=1S/C59H102O5/c1-4-7-10-13-16-19-22-25-28-30-32-34-37-40-43-46-49-52-58(60)63-56-57(55-62-54-51-48-45-42-39-36-33-29-26-23-20-17-14-11-8-5-2)64-59(61)53-50-47-44-41-38-35-31-27-24-21-18-15-12-9-6-3/h8-9,11-12,17-18,20-21,26-27,29,31,38,41,57H,4-7,10,13-16,19,22-25,28,30,32-37,39-40,42-56H2,1-3H3/b11-8-,12-9-,20-17-,21-18-,29-26-,31-27-,41-38-. The molecule has 0 aliphatic rings. The third-order valence-electron chi connectivity index (χ3n) is 11.4. The second-order valence-electron chi connectivity index (χ2n) is 17.7. The molecule has 0 aliphatic heterocycles. The average molecular weight is 891 g/mol. The van der Waals surface area contributed by atoms with E-state index in [1.807, 2.05) is 0 Å². The van der Waals surface area contributed by atoms with Crippen LogP contribution in [0.25, 0.3) is 0 Å². The fraction of sp³-hybridized carbons (Fsp3) is 0.729. The van der Waals surface area contributed by atoms with E-state index in [1.54, 1.807) is 0 Å². The lowest BCUT2D eigenvalue weighted by molar-refractivity contribution is -0.163. The molecule has 0 spiro atoms. The smallest absolute Gasteiger partial charge is 0.306 e. The van der Waals surface area contributed by atoms with E-state index in [4.69, 9.17) is 14.2 Å². The van der Waals surface area contributed by atoms with Crippen molar-refractivity contribution in [2.24, 2.45) is 0 Å². The number of esters is 2. The molecule has 0 amide bonds. The summed E-state index contributed by atoms with van der Waals surface area (Å²) >= 11 is 0. The van der Waals surface area contributed by atoms with E-state index in [-0.39, 0.29) is 25.2 Å². The second kappa shape index (κ2) is 54.4. The predicted octanol–water partition coefficient (Wildman–Crippen LogP) is 18.5. The number of rotatable bonds is 49. The van der Waals surface area contributed by atoms with Gasteiger partial charge < -0.3 is 14.2 Å². The van der Waals surface area contributed by atoms with Crippen LogP contribution in [0, 0.1) is 0 Å². The van der Waals surface area contributed by atoms with Gasteiger partial charge in [0.05, 0.1) is 6.61 Å². The van der Waals surface area contributed by atoms with Gasteiger partial charge in [0.1, 0.15) is 6.61 Å². The monoisotopic (exact) mass is 891 g/mol. The summed E-state index contributed by atoms with van der Waals surface area (Å²) in [6.07, 6.45) is 71.7. The van der Waals surface area contributed by atoms with Crippen LogP contribution in [0.4, 0.5) is 0 Å². The molecule has 5 heteroatoms. The number of carbonyl (C=O) groups excluding carboxylic acids is 2. The molecule has 64 heavy (non-hydrogen) atoms. The van der Waals surface area contributed by atoms with Crippen molar-refractivity contribution in [1.82, 2.24) is 0 Å². The number of hydrogen-bond donors (Lipinski definition) is 0. The van der Waals surface area contributed by atoms with Gasteiger partial charge in [-0.25, -0.2) is 0 Å². The Morgan fingerprint density at radius 2 is 0.703 bits per heavy atom. The summed E-state index contributed by atoms with van der Waals surface area (Å²) in [6, 6.07) is 0. The van der Waals surface area contributed by atoms with E-state index in [2.05, 4.69) is 106 Å². The Labute approximate surface area is 397 Å². The minimum atomic E-state index is -0.567. The zero-order chi connectivity index (χ0) is 46.3. The topological polar surface area (TPSA) is 61.8 Å². The quantitative estimate of drug-likeness (QED) is 0.0346. The summed E-state index contributed by atoms with van der Waals surface area (Å²) < 4.78 is 17.4. The minimum Gasteiger partial charge on any atom is -0.462 e. The molecule has 0 saturated heterocycles. The first kappa shape index (κ1) is 61.1. The van der Waals surface area contributed by atoms with E-state index >= 15 is 0 Å². The molecule has 1 unspecified atom stereocenters. The summed E-state index contributed by atoms with van der Waals surface area (Å²) in [5.74, 6) is -0.447. The fourth-order valence-corrected chi connectivity index (χ4v) is 7.46. The Balaban J connectivity index is 4.34. The van der Waals surface area contributed by atoms with Crippen LogP contribution in [0.15, 0.2) is 85.1 Å². The molecular formula is C59H102O5. The van der Waals surface area contributed by atoms with Crippen LogP contribution in [-0.4, -0.2) is 37.9 Å². The van der Waals surface area contributed by atoms with Gasteiger partial charge in [-0.1, -0.05) is 234 Å². The highest BCUT2D eigenvalue weighted by Gasteiger charge is 2.17. The molecule has 0 aliphatic carbocycles. The summed E-state index contributed by atoms with van der Waals surface area (Å²) in [7, 11) is 0. The third-order valence-corrected chi connectivity index (χ3v) is 11.4. The van der Waals surface area contributed by atoms with Crippen molar-refractivity contribution in [2.45, 2.75) is 258 Å². The number of hydrogen-bond acceptors (Lipinski definition) is 5. The van der Waals surface area contributed by atoms with Gasteiger partial charge in [-0.15, -0.1) is 0 Å². The molecule has 0 N–H and O–H groups in total. The molecule has 0 aromatic heterocycles. The normalized spacial score (nSPS) is 12.9. The van der Waals surface area contributed by atoms with E-state index in [9.17, 15) is 9.59 Å². The zero-order valence-electron chi connectivity index (χ0n) is 42.3. The Hall–Kier alpha value is -2.92. The van der Waals surface area contributed by atoms with E-state index in [0.29, 0.717) is 19.4 Å². The lowest BCUT2D eigenvalue weighted by atomic mass is 10.0. The Morgan fingerprint density at radius 3 is 1.16 bits per heavy atom. The lowest BCUT2D eigenvalue weighted by Crippen LogP contribution is -2.30. The number of unbranched alkanes of at least 4 members (excludes halogenated alkanes) is 24. The van der Waals surface area contributed by atoms with E-state index in [0.717, 1.165) is 96.3 Å². The molecule has 0 rings (SSSR count). The third kappa shape index (κ3) is 51.7. The van der Waals surface area contributed by atoms with Crippen molar-refractivity contribution in [1.29, 1.82) is 0 Å². The molecule has 1 atom stereocenters. The van der Waals surface area contributed by atoms with Crippen LogP contribution in [0.1, 0.15) is 252 Å². The number of ether oxygens (including phenoxy) is 3. The van der Waals surface area contributed by atoms with Crippen LogP contribution < -0.4 is 0 Å². The zero-order valence-corrected chi connectivity index (χ0v) is 42.3. The number of carbonyl (C=O) groups is 2. The Morgan fingerprint density at radius 1 is 0.359 bits per heavy atom. The molecule has 0 bridgehead atoms. The van der Waals surface area contributed by atoms with Crippen molar-refractivity contribution in [2.75, 3.05) is 19.8 Å². The maximum Gasteiger partial charge on any atom is 0.306 e.